The molecular weight excluding hydrogens is 905 g/mol. The van der Waals surface area contributed by atoms with Gasteiger partial charge < -0.3 is 9.80 Å². The highest BCUT2D eigenvalue weighted by Gasteiger charge is 2.45. The van der Waals surface area contributed by atoms with Gasteiger partial charge in [0.15, 0.2) is 0 Å². The largest absolute Gasteiger partial charge is 0.332 e. The zero-order valence-corrected chi connectivity index (χ0v) is 43.6. The third-order valence-corrected chi connectivity index (χ3v) is 17.1. The van der Waals surface area contributed by atoms with Gasteiger partial charge in [-0.25, -0.2) is 0 Å². The summed E-state index contributed by atoms with van der Waals surface area (Å²) in [6, 6.07) is 83.3. The summed E-state index contributed by atoms with van der Waals surface area (Å²) in [5.41, 5.74) is 23.3. The van der Waals surface area contributed by atoms with E-state index in [-0.39, 0.29) is 22.8 Å². The molecule has 2 nitrogen and oxygen atoms in total. The number of hydrogen-bond donors (Lipinski definition) is 0. The van der Waals surface area contributed by atoms with Crippen molar-refractivity contribution in [3.8, 4) is 44.5 Å². The summed E-state index contributed by atoms with van der Waals surface area (Å²) in [4.78, 5) is 5.29. The lowest BCUT2D eigenvalue weighted by molar-refractivity contribution is 0.494. The summed E-state index contributed by atoms with van der Waals surface area (Å²) < 4.78 is 0. The molecule has 0 aliphatic heterocycles. The van der Waals surface area contributed by atoms with Crippen LogP contribution in [0.25, 0.3) is 50.1 Å². The second-order valence-corrected chi connectivity index (χ2v) is 22.2. The Morgan fingerprint density at radius 3 is 1.61 bits per heavy atom. The Hall–Kier alpha value is -8.46. The zero-order valence-electron chi connectivity index (χ0n) is 43.6. The van der Waals surface area contributed by atoms with Crippen molar-refractivity contribution in [2.45, 2.75) is 69.4 Å². The lowest BCUT2D eigenvalue weighted by Gasteiger charge is -2.51. The number of para-hydroxylation sites is 2. The van der Waals surface area contributed by atoms with Crippen molar-refractivity contribution in [2.24, 2.45) is 0 Å². The predicted molar refractivity (Wildman–Crippen MR) is 317 cm³/mol. The second kappa shape index (κ2) is 18.2. The van der Waals surface area contributed by atoms with Gasteiger partial charge in [0.2, 0.25) is 0 Å². The minimum atomic E-state index is -0.649. The van der Waals surface area contributed by atoms with Crippen LogP contribution in [0.5, 0.6) is 0 Å². The van der Waals surface area contributed by atoms with Crippen LogP contribution < -0.4 is 9.80 Å². The van der Waals surface area contributed by atoms with E-state index in [2.05, 4.69) is 305 Å². The van der Waals surface area contributed by atoms with E-state index >= 15 is 0 Å². The number of nitrogens with zero attached hydrogens (tertiary/aromatic N) is 2. The molecule has 0 amide bonds. The van der Waals surface area contributed by atoms with Crippen molar-refractivity contribution in [1.82, 2.24) is 0 Å². The van der Waals surface area contributed by atoms with Crippen LogP contribution in [-0.4, -0.2) is 11.6 Å². The molecule has 0 fully saturated rings. The maximum absolute atomic E-state index is 2.65. The summed E-state index contributed by atoms with van der Waals surface area (Å²) in [5.74, 6) is 0.173. The lowest BCUT2D eigenvalue weighted by Crippen LogP contribution is -2.57. The highest BCUT2D eigenvalue weighted by Crippen LogP contribution is 2.55. The first kappa shape index (κ1) is 46.3. The molecule has 0 saturated carbocycles. The number of hydrogen-bond acceptors (Lipinski definition) is 2. The van der Waals surface area contributed by atoms with Crippen molar-refractivity contribution < 1.29 is 0 Å². The first-order valence-corrected chi connectivity index (χ1v) is 26.8. The third kappa shape index (κ3) is 7.69. The summed E-state index contributed by atoms with van der Waals surface area (Å²) in [7, 11) is 0. The van der Waals surface area contributed by atoms with Gasteiger partial charge in [-0.15, -0.1) is 0 Å². The van der Waals surface area contributed by atoms with E-state index in [0.29, 0.717) is 0 Å². The summed E-state index contributed by atoms with van der Waals surface area (Å²) in [6.07, 6.45) is 15.5. The molecule has 0 aromatic heterocycles. The molecule has 0 radical (unpaired) electrons. The highest BCUT2D eigenvalue weighted by molar-refractivity contribution is 5.92. The van der Waals surface area contributed by atoms with E-state index in [9.17, 15) is 0 Å². The van der Waals surface area contributed by atoms with E-state index in [1.807, 2.05) is 0 Å². The Balaban J connectivity index is 0.996. The molecule has 2 heteroatoms. The molecule has 0 saturated heterocycles. The number of allylic oxidation sites excluding steroid dienone is 6. The molecule has 0 spiro atoms. The topological polar surface area (TPSA) is 6.48 Å². The fourth-order valence-electron chi connectivity index (χ4n) is 13.2. The van der Waals surface area contributed by atoms with Gasteiger partial charge in [-0.05, 0) is 134 Å². The summed E-state index contributed by atoms with van der Waals surface area (Å²) >= 11 is 0. The molecule has 13 rings (SSSR count). The molecular formula is C73H62N2. The number of rotatable bonds is 10. The Kier molecular flexibility index (Phi) is 11.2. The SMILES string of the molecule is CC1(C)C2=CC(c3ccccc3N(c3ccc(-c4ccccc4)cc3)C3C=CC=CC3(C)N(c3ccc(-c4ccccc4)cc3)c3ccccc3-c3ccc4c(c3)C(C)(C)c3ccccc3-4)CC=C2c2ccccc21. The Bertz CT molecular complexity index is 3760. The number of fused-ring (bicyclic) bond motifs is 6. The van der Waals surface area contributed by atoms with E-state index in [1.54, 1.807) is 0 Å². The van der Waals surface area contributed by atoms with Crippen LogP contribution >= 0.6 is 0 Å². The van der Waals surface area contributed by atoms with Gasteiger partial charge >= 0.3 is 0 Å². The number of benzene rings is 9. The highest BCUT2D eigenvalue weighted by atomic mass is 15.3. The molecule has 4 aliphatic rings. The molecule has 3 atom stereocenters. The standard InChI is InChI=1S/C73H62N2/c1-71(2)64-30-16-12-28-60(64)62-45-39-54(48-66(62)71)58-26-14-18-32-68(58)74(56-41-35-52(36-42-56)50-22-8-6-9-23-50)70-34-20-21-47-73(70,5)75(57-43-37-53(38-44-57)51-24-10-7-11-25-51)69-33-19-15-27-59(69)55-40-46-63-61-29-13-17-31-65(61)72(3,4)67(63)49-55/h6-38,40-49,54,70H,39H2,1-5H3. The van der Waals surface area contributed by atoms with E-state index < -0.39 is 5.54 Å². The minimum absolute atomic E-state index is 0.0962. The summed E-state index contributed by atoms with van der Waals surface area (Å²) in [5, 5.41) is 0. The Labute approximate surface area is 444 Å². The molecule has 75 heavy (non-hydrogen) atoms. The first-order valence-electron chi connectivity index (χ1n) is 26.8. The van der Waals surface area contributed by atoms with E-state index in [4.69, 9.17) is 0 Å². The molecule has 0 heterocycles. The average Bonchev–Trinajstić information content (AvgIpc) is 3.89. The van der Waals surface area contributed by atoms with Crippen LogP contribution in [0.15, 0.2) is 266 Å². The molecule has 0 N–H and O–H groups in total. The van der Waals surface area contributed by atoms with Gasteiger partial charge in [0.1, 0.15) is 0 Å². The smallest absolute Gasteiger partial charge is 0.0851 e. The van der Waals surface area contributed by atoms with E-state index in [0.717, 1.165) is 23.5 Å². The molecule has 9 aromatic rings. The van der Waals surface area contributed by atoms with Crippen molar-refractivity contribution in [1.29, 1.82) is 0 Å². The second-order valence-electron chi connectivity index (χ2n) is 22.2. The molecule has 364 valence electrons. The monoisotopic (exact) mass is 966 g/mol. The quantitative estimate of drug-likeness (QED) is 0.135. The average molecular weight is 967 g/mol. The predicted octanol–water partition coefficient (Wildman–Crippen LogP) is 19.0. The molecule has 9 aromatic carbocycles. The fourth-order valence-corrected chi connectivity index (χ4v) is 13.2. The Morgan fingerprint density at radius 2 is 0.933 bits per heavy atom. The van der Waals surface area contributed by atoms with Crippen LogP contribution in [0.4, 0.5) is 22.7 Å². The minimum Gasteiger partial charge on any atom is -0.332 e. The maximum atomic E-state index is 2.65. The van der Waals surface area contributed by atoms with Crippen molar-refractivity contribution in [2.75, 3.05) is 9.80 Å². The first-order chi connectivity index (χ1) is 36.6. The third-order valence-electron chi connectivity index (χ3n) is 17.1. The van der Waals surface area contributed by atoms with Crippen LogP contribution in [0.3, 0.4) is 0 Å². The van der Waals surface area contributed by atoms with Crippen molar-refractivity contribution in [3.05, 3.63) is 294 Å². The lowest BCUT2D eigenvalue weighted by atomic mass is 9.76. The van der Waals surface area contributed by atoms with Gasteiger partial charge in [-0.2, -0.15) is 0 Å². The van der Waals surface area contributed by atoms with Gasteiger partial charge in [0.05, 0.1) is 11.6 Å². The van der Waals surface area contributed by atoms with Crippen LogP contribution in [0, 0.1) is 0 Å². The fraction of sp³-hybridized carbons (Fsp3) is 0.151. The molecule has 3 unspecified atom stereocenters. The summed E-state index contributed by atoms with van der Waals surface area (Å²) in [6.45, 7) is 12.0. The van der Waals surface area contributed by atoms with Crippen LogP contribution in [-0.2, 0) is 10.8 Å². The van der Waals surface area contributed by atoms with Gasteiger partial charge in [0, 0.05) is 45.1 Å². The normalized spacial score (nSPS) is 19.3. The number of anilines is 4. The van der Waals surface area contributed by atoms with Crippen molar-refractivity contribution in [3.63, 3.8) is 0 Å². The molecule has 0 bridgehead atoms. The zero-order chi connectivity index (χ0) is 50.9. The van der Waals surface area contributed by atoms with Gasteiger partial charge in [-0.1, -0.05) is 246 Å². The van der Waals surface area contributed by atoms with Gasteiger partial charge in [-0.3, -0.25) is 0 Å². The Morgan fingerprint density at radius 1 is 0.413 bits per heavy atom. The maximum Gasteiger partial charge on any atom is 0.0851 e. The van der Waals surface area contributed by atoms with Crippen LogP contribution in [0.1, 0.15) is 74.8 Å². The van der Waals surface area contributed by atoms with Crippen LogP contribution in [0.2, 0.25) is 0 Å². The molecule has 4 aliphatic carbocycles. The van der Waals surface area contributed by atoms with E-state index in [1.165, 1.54) is 89.2 Å². The van der Waals surface area contributed by atoms with Crippen molar-refractivity contribution >= 4 is 28.3 Å². The van der Waals surface area contributed by atoms with Gasteiger partial charge in [0.25, 0.3) is 0 Å².